The van der Waals surface area contributed by atoms with Crippen molar-refractivity contribution in [2.24, 2.45) is 5.73 Å². The molecule has 1 amide bonds. The van der Waals surface area contributed by atoms with Crippen LogP contribution < -0.4 is 5.73 Å². The van der Waals surface area contributed by atoms with Crippen LogP contribution in [0, 0.1) is 5.82 Å². The van der Waals surface area contributed by atoms with Crippen molar-refractivity contribution < 1.29 is 13.7 Å². The summed E-state index contributed by atoms with van der Waals surface area (Å²) in [4.78, 5) is 19.1. The van der Waals surface area contributed by atoms with Crippen molar-refractivity contribution in [2.75, 3.05) is 6.54 Å². The summed E-state index contributed by atoms with van der Waals surface area (Å²) in [5, 5.41) is 4.06. The topological polar surface area (TPSA) is 85.3 Å². The molecule has 2 heterocycles. The third kappa shape index (κ3) is 4.86. The van der Waals surface area contributed by atoms with Crippen LogP contribution in [0.1, 0.15) is 36.8 Å². The van der Waals surface area contributed by atoms with Crippen LogP contribution in [-0.4, -0.2) is 33.5 Å². The van der Waals surface area contributed by atoms with Crippen LogP contribution in [0.15, 0.2) is 59.1 Å². The maximum Gasteiger partial charge on any atom is 0.249 e. The fourth-order valence-electron chi connectivity index (χ4n) is 3.76. The molecule has 30 heavy (non-hydrogen) atoms. The number of nitrogens with zero attached hydrogens (tertiary/aromatic N) is 3. The molecule has 6 nitrogen and oxygen atoms in total. The van der Waals surface area contributed by atoms with Crippen molar-refractivity contribution in [3.63, 3.8) is 0 Å². The quantitative estimate of drug-likeness (QED) is 0.640. The molecule has 0 unspecified atom stereocenters. The predicted molar refractivity (Wildman–Crippen MR) is 113 cm³/mol. The summed E-state index contributed by atoms with van der Waals surface area (Å²) in [5.41, 5.74) is 7.53. The van der Waals surface area contributed by atoms with Crippen LogP contribution in [0.2, 0.25) is 0 Å². The highest BCUT2D eigenvalue weighted by molar-refractivity contribution is 5.85. The molecule has 3 aromatic rings. The number of halogens is 2. The van der Waals surface area contributed by atoms with Crippen molar-refractivity contribution in [2.45, 2.75) is 37.8 Å². The van der Waals surface area contributed by atoms with Gasteiger partial charge in [-0.25, -0.2) is 4.39 Å². The Morgan fingerprint density at radius 2 is 1.93 bits per heavy atom. The zero-order valence-corrected chi connectivity index (χ0v) is 17.2. The first-order valence-electron chi connectivity index (χ1n) is 9.79. The minimum atomic E-state index is -0.455. The van der Waals surface area contributed by atoms with Crippen LogP contribution in [0.3, 0.4) is 0 Å². The molecular formula is C22H24ClFN4O2. The number of rotatable bonds is 6. The smallest absolute Gasteiger partial charge is 0.249 e. The number of benzene rings is 2. The van der Waals surface area contributed by atoms with Gasteiger partial charge in [0.2, 0.25) is 17.6 Å². The molecule has 4 rings (SSSR count). The van der Waals surface area contributed by atoms with Gasteiger partial charge in [0.15, 0.2) is 0 Å². The van der Waals surface area contributed by atoms with Crippen LogP contribution in [0.25, 0.3) is 11.4 Å². The lowest BCUT2D eigenvalue weighted by Crippen LogP contribution is -2.36. The zero-order chi connectivity index (χ0) is 20.2. The average molecular weight is 431 g/mol. The molecule has 1 aliphatic heterocycles. The van der Waals surface area contributed by atoms with Gasteiger partial charge in [0.25, 0.3) is 0 Å². The fraction of sp³-hybridized carbons (Fsp3) is 0.318. The summed E-state index contributed by atoms with van der Waals surface area (Å²) in [5.74, 6) is 0.582. The number of nitrogens with two attached hydrogens (primary N) is 1. The van der Waals surface area contributed by atoms with Gasteiger partial charge >= 0.3 is 0 Å². The molecule has 8 heteroatoms. The third-order valence-corrected chi connectivity index (χ3v) is 5.21. The zero-order valence-electron chi connectivity index (χ0n) is 16.4. The molecule has 0 aliphatic carbocycles. The van der Waals surface area contributed by atoms with Gasteiger partial charge in [0.1, 0.15) is 11.9 Å². The molecule has 0 radical (unpaired) electrons. The van der Waals surface area contributed by atoms with Crippen LogP contribution in [0.4, 0.5) is 4.39 Å². The monoisotopic (exact) mass is 430 g/mol. The largest absolute Gasteiger partial charge is 0.337 e. The first-order chi connectivity index (χ1) is 14.1. The number of carbonyl (C=O) groups excluding carboxylic acids is 1. The van der Waals surface area contributed by atoms with E-state index in [1.807, 2.05) is 30.3 Å². The predicted octanol–water partition coefficient (Wildman–Crippen LogP) is 3.92. The molecule has 0 saturated carbocycles. The Hall–Kier alpha value is -2.77. The van der Waals surface area contributed by atoms with Gasteiger partial charge in [-0.2, -0.15) is 4.98 Å². The Labute approximate surface area is 180 Å². The standard InChI is InChI=1S/C22H23FN4O2.ClH/c23-18-10-5-4-9-16(18)13-17(24)14-20(28)27-12-6-11-19(27)22-25-21(26-29-22)15-7-2-1-3-8-15;/h1-5,7-10,17,19H,6,11-14,24H2;1H/t17-,19-;/m1./s1. The summed E-state index contributed by atoms with van der Waals surface area (Å²) in [6, 6.07) is 15.4. The lowest BCUT2D eigenvalue weighted by molar-refractivity contribution is -0.132. The highest BCUT2D eigenvalue weighted by Gasteiger charge is 2.34. The molecule has 1 aromatic heterocycles. The van der Waals surface area contributed by atoms with Gasteiger partial charge in [-0.1, -0.05) is 53.7 Å². The maximum atomic E-state index is 13.8. The normalized spacial score (nSPS) is 16.9. The Morgan fingerprint density at radius 1 is 1.20 bits per heavy atom. The van der Waals surface area contributed by atoms with E-state index in [0.29, 0.717) is 30.2 Å². The third-order valence-electron chi connectivity index (χ3n) is 5.21. The Kier molecular flexibility index (Phi) is 7.18. The minimum Gasteiger partial charge on any atom is -0.337 e. The van der Waals surface area contributed by atoms with E-state index in [1.165, 1.54) is 6.07 Å². The van der Waals surface area contributed by atoms with Crippen molar-refractivity contribution in [1.82, 2.24) is 15.0 Å². The van der Waals surface area contributed by atoms with Crippen molar-refractivity contribution in [3.05, 3.63) is 71.9 Å². The van der Waals surface area contributed by atoms with Crippen molar-refractivity contribution >= 4 is 18.3 Å². The van der Waals surface area contributed by atoms with E-state index >= 15 is 0 Å². The second-order valence-electron chi connectivity index (χ2n) is 7.33. The molecule has 2 aromatic carbocycles. The first-order valence-corrected chi connectivity index (χ1v) is 9.79. The van der Waals surface area contributed by atoms with E-state index in [9.17, 15) is 9.18 Å². The molecule has 1 fully saturated rings. The number of carbonyl (C=O) groups is 1. The Bertz CT molecular complexity index is 982. The van der Waals surface area contributed by atoms with Crippen molar-refractivity contribution in [3.8, 4) is 11.4 Å². The fourth-order valence-corrected chi connectivity index (χ4v) is 3.76. The van der Waals surface area contributed by atoms with Gasteiger partial charge in [-0.05, 0) is 30.9 Å². The Balaban J connectivity index is 0.00000256. The van der Waals surface area contributed by atoms with Gasteiger partial charge < -0.3 is 15.2 Å². The van der Waals surface area contributed by atoms with E-state index in [-0.39, 0.29) is 36.6 Å². The maximum absolute atomic E-state index is 13.8. The average Bonchev–Trinajstić information content (AvgIpc) is 3.40. The molecule has 1 saturated heterocycles. The summed E-state index contributed by atoms with van der Waals surface area (Å²) in [7, 11) is 0. The van der Waals surface area contributed by atoms with Crippen LogP contribution >= 0.6 is 12.4 Å². The molecule has 2 atom stereocenters. The van der Waals surface area contributed by atoms with Gasteiger partial charge in [0, 0.05) is 24.6 Å². The lowest BCUT2D eigenvalue weighted by atomic mass is 10.0. The SMILES string of the molecule is Cl.N[C@@H](CC(=O)N1CCC[C@@H]1c1nc(-c2ccccc2)no1)Cc1ccccc1F. The molecule has 158 valence electrons. The first kappa shape index (κ1) is 21.9. The second-order valence-corrected chi connectivity index (χ2v) is 7.33. The summed E-state index contributed by atoms with van der Waals surface area (Å²) >= 11 is 0. The van der Waals surface area contributed by atoms with E-state index < -0.39 is 6.04 Å². The molecule has 1 aliphatic rings. The highest BCUT2D eigenvalue weighted by atomic mass is 35.5. The summed E-state index contributed by atoms with van der Waals surface area (Å²) in [6.07, 6.45) is 2.09. The van der Waals surface area contributed by atoms with E-state index in [2.05, 4.69) is 10.1 Å². The number of amides is 1. The lowest BCUT2D eigenvalue weighted by Gasteiger charge is -2.23. The summed E-state index contributed by atoms with van der Waals surface area (Å²) in [6.45, 7) is 0.624. The highest BCUT2D eigenvalue weighted by Crippen LogP contribution is 2.32. The summed E-state index contributed by atoms with van der Waals surface area (Å²) < 4.78 is 19.3. The molecule has 2 N–H and O–H groups in total. The van der Waals surface area contributed by atoms with E-state index in [1.54, 1.807) is 23.1 Å². The van der Waals surface area contributed by atoms with E-state index in [0.717, 1.165) is 18.4 Å². The van der Waals surface area contributed by atoms with Crippen LogP contribution in [-0.2, 0) is 11.2 Å². The number of aromatic nitrogens is 2. The van der Waals surface area contributed by atoms with Crippen molar-refractivity contribution in [1.29, 1.82) is 0 Å². The second kappa shape index (κ2) is 9.82. The van der Waals surface area contributed by atoms with Gasteiger partial charge in [0.05, 0.1) is 0 Å². The number of hydrogen-bond acceptors (Lipinski definition) is 5. The number of likely N-dealkylation sites (tertiary alicyclic amines) is 1. The molecule has 0 bridgehead atoms. The molecular weight excluding hydrogens is 407 g/mol. The van der Waals surface area contributed by atoms with Crippen LogP contribution in [0.5, 0.6) is 0 Å². The molecule has 0 spiro atoms. The number of hydrogen-bond donors (Lipinski definition) is 1. The minimum absolute atomic E-state index is 0. The Morgan fingerprint density at radius 3 is 2.70 bits per heavy atom. The van der Waals surface area contributed by atoms with Gasteiger partial charge in [-0.3, -0.25) is 4.79 Å². The van der Waals surface area contributed by atoms with Gasteiger partial charge in [-0.15, -0.1) is 12.4 Å². The van der Waals surface area contributed by atoms with E-state index in [4.69, 9.17) is 10.3 Å².